The van der Waals surface area contributed by atoms with E-state index in [2.05, 4.69) is 10.4 Å². The number of carbonyl (C=O) groups is 1. The van der Waals surface area contributed by atoms with E-state index in [-0.39, 0.29) is 16.6 Å². The molecular formula is C24H19N5O2S. The van der Waals surface area contributed by atoms with Gasteiger partial charge in [-0.2, -0.15) is 4.68 Å². The number of para-hydroxylation sites is 1. The highest BCUT2D eigenvalue weighted by Gasteiger charge is 2.47. The monoisotopic (exact) mass is 441 g/mol. The average Bonchev–Trinajstić information content (AvgIpc) is 3.32. The SMILES string of the molecule is Cc1ccccc1-n1c(=O)[nH]n(C2=NC(c3ccccc3)(c3ccccc3)C(=O)N2)c1=S. The average molecular weight is 442 g/mol. The number of hydrogen-bond donors (Lipinski definition) is 2. The fraction of sp³-hybridized carbons (Fsp3) is 0.0833. The van der Waals surface area contributed by atoms with E-state index in [9.17, 15) is 9.59 Å². The molecule has 0 atom stereocenters. The Morgan fingerprint density at radius 1 is 0.844 bits per heavy atom. The summed E-state index contributed by atoms with van der Waals surface area (Å²) in [4.78, 5) is 31.1. The number of benzene rings is 3. The van der Waals surface area contributed by atoms with Gasteiger partial charge in [0.05, 0.1) is 5.69 Å². The van der Waals surface area contributed by atoms with E-state index in [1.54, 1.807) is 0 Å². The second kappa shape index (κ2) is 7.58. The van der Waals surface area contributed by atoms with Crippen molar-refractivity contribution in [2.24, 2.45) is 4.99 Å². The van der Waals surface area contributed by atoms with Crippen molar-refractivity contribution in [2.75, 3.05) is 0 Å². The van der Waals surface area contributed by atoms with Crippen LogP contribution >= 0.6 is 12.2 Å². The van der Waals surface area contributed by atoms with Gasteiger partial charge in [0.25, 0.3) is 5.91 Å². The fourth-order valence-corrected chi connectivity index (χ4v) is 4.32. The molecule has 0 bridgehead atoms. The molecule has 0 saturated heterocycles. The van der Waals surface area contributed by atoms with Crippen LogP contribution < -0.4 is 11.0 Å². The minimum atomic E-state index is -1.30. The van der Waals surface area contributed by atoms with Gasteiger partial charge in [-0.25, -0.2) is 19.5 Å². The van der Waals surface area contributed by atoms with Crippen LogP contribution in [0.1, 0.15) is 16.7 Å². The molecule has 4 aromatic rings. The molecular weight excluding hydrogens is 422 g/mol. The van der Waals surface area contributed by atoms with Crippen LogP contribution in [0.3, 0.4) is 0 Å². The molecule has 5 rings (SSSR count). The Morgan fingerprint density at radius 3 is 2.00 bits per heavy atom. The minimum Gasteiger partial charge on any atom is -0.292 e. The second-order valence-electron chi connectivity index (χ2n) is 7.49. The predicted molar refractivity (Wildman–Crippen MR) is 125 cm³/mol. The van der Waals surface area contributed by atoms with E-state index in [4.69, 9.17) is 17.2 Å². The Hall–Kier alpha value is -4.04. The quantitative estimate of drug-likeness (QED) is 0.479. The van der Waals surface area contributed by atoms with Crippen LogP contribution in [-0.2, 0) is 10.3 Å². The molecule has 3 aromatic carbocycles. The molecule has 0 unspecified atom stereocenters. The number of nitrogens with one attached hydrogen (secondary N) is 2. The smallest absolute Gasteiger partial charge is 0.292 e. The van der Waals surface area contributed by atoms with E-state index < -0.39 is 11.2 Å². The first-order valence-corrected chi connectivity index (χ1v) is 10.5. The van der Waals surface area contributed by atoms with E-state index in [1.165, 1.54) is 9.25 Å². The fourth-order valence-electron chi connectivity index (χ4n) is 4.00. The van der Waals surface area contributed by atoms with Crippen molar-refractivity contribution in [2.45, 2.75) is 12.5 Å². The number of aryl methyl sites for hydroxylation is 1. The van der Waals surface area contributed by atoms with Crippen molar-refractivity contribution in [1.29, 1.82) is 0 Å². The summed E-state index contributed by atoms with van der Waals surface area (Å²) in [6, 6.07) is 26.1. The van der Waals surface area contributed by atoms with Gasteiger partial charge in [-0.05, 0) is 41.9 Å². The molecule has 2 heterocycles. The Morgan fingerprint density at radius 2 is 1.41 bits per heavy atom. The Balaban J connectivity index is 1.72. The van der Waals surface area contributed by atoms with E-state index >= 15 is 0 Å². The predicted octanol–water partition coefficient (Wildman–Crippen LogP) is 3.28. The number of aromatic amines is 1. The van der Waals surface area contributed by atoms with Crippen LogP contribution in [-0.4, -0.2) is 26.2 Å². The third-order valence-electron chi connectivity index (χ3n) is 5.57. The molecule has 158 valence electrons. The van der Waals surface area contributed by atoms with Crippen LogP contribution in [0.15, 0.2) is 94.7 Å². The van der Waals surface area contributed by atoms with Gasteiger partial charge in [0, 0.05) is 0 Å². The summed E-state index contributed by atoms with van der Waals surface area (Å²) in [7, 11) is 0. The van der Waals surface area contributed by atoms with Gasteiger partial charge in [-0.3, -0.25) is 10.1 Å². The summed E-state index contributed by atoms with van der Waals surface area (Å²) in [5.74, 6) is -0.159. The highest BCUT2D eigenvalue weighted by molar-refractivity contribution is 7.71. The van der Waals surface area contributed by atoms with E-state index in [0.29, 0.717) is 16.8 Å². The summed E-state index contributed by atoms with van der Waals surface area (Å²) in [6.07, 6.45) is 0. The molecule has 0 fully saturated rings. The van der Waals surface area contributed by atoms with Crippen LogP contribution in [0.2, 0.25) is 0 Å². The number of nitrogens with zero attached hydrogens (tertiary/aromatic N) is 3. The first kappa shape index (κ1) is 19.9. The molecule has 1 aliphatic rings. The maximum atomic E-state index is 13.4. The minimum absolute atomic E-state index is 0.164. The maximum absolute atomic E-state index is 13.4. The molecule has 7 nitrogen and oxygen atoms in total. The van der Waals surface area contributed by atoms with Gasteiger partial charge in [-0.1, -0.05) is 78.9 Å². The zero-order valence-electron chi connectivity index (χ0n) is 17.1. The molecule has 0 saturated carbocycles. The van der Waals surface area contributed by atoms with Crippen molar-refractivity contribution in [1.82, 2.24) is 19.7 Å². The molecule has 0 aliphatic carbocycles. The summed E-state index contributed by atoms with van der Waals surface area (Å²) in [6.45, 7) is 1.90. The summed E-state index contributed by atoms with van der Waals surface area (Å²) in [5.41, 5.74) is 1.27. The van der Waals surface area contributed by atoms with Gasteiger partial charge in [0.2, 0.25) is 10.7 Å². The normalized spacial score (nSPS) is 14.8. The van der Waals surface area contributed by atoms with E-state index in [1.807, 2.05) is 91.9 Å². The molecule has 2 N–H and O–H groups in total. The summed E-state index contributed by atoms with van der Waals surface area (Å²) in [5, 5.41) is 5.55. The lowest BCUT2D eigenvalue weighted by Gasteiger charge is -2.24. The zero-order valence-corrected chi connectivity index (χ0v) is 18.0. The number of rotatable bonds is 3. The van der Waals surface area contributed by atoms with Crippen molar-refractivity contribution in [3.63, 3.8) is 0 Å². The standard InChI is InChI=1S/C24H19N5O2S/c1-16-10-8-9-15-19(16)28-22(31)27-29(23(28)32)21-25-20(30)24(26-21,17-11-4-2-5-12-17)18-13-6-3-7-14-18/h2-15H,1H3,(H,27,31)(H,25,26,30). The highest BCUT2D eigenvalue weighted by atomic mass is 32.1. The summed E-state index contributed by atoms with van der Waals surface area (Å²) < 4.78 is 2.92. The lowest BCUT2D eigenvalue weighted by molar-refractivity contribution is -0.122. The molecule has 1 aromatic heterocycles. The molecule has 0 radical (unpaired) electrons. The van der Waals surface area contributed by atoms with Crippen LogP contribution in [0.4, 0.5) is 0 Å². The largest absolute Gasteiger partial charge is 0.347 e. The number of carbonyl (C=O) groups excluding carboxylic acids is 1. The highest BCUT2D eigenvalue weighted by Crippen LogP contribution is 2.37. The lowest BCUT2D eigenvalue weighted by Crippen LogP contribution is -2.39. The molecule has 1 amide bonds. The van der Waals surface area contributed by atoms with Crippen LogP contribution in [0.5, 0.6) is 0 Å². The third-order valence-corrected chi connectivity index (χ3v) is 5.94. The first-order chi connectivity index (χ1) is 15.5. The van der Waals surface area contributed by atoms with Gasteiger partial charge in [0.1, 0.15) is 0 Å². The molecule has 0 spiro atoms. The molecule has 8 heteroatoms. The van der Waals surface area contributed by atoms with Gasteiger partial charge < -0.3 is 0 Å². The van der Waals surface area contributed by atoms with Crippen LogP contribution in [0, 0.1) is 11.7 Å². The van der Waals surface area contributed by atoms with Crippen molar-refractivity contribution in [3.8, 4) is 5.69 Å². The Kier molecular flexibility index (Phi) is 4.71. The zero-order chi connectivity index (χ0) is 22.3. The second-order valence-corrected chi connectivity index (χ2v) is 7.85. The number of aliphatic imine (C=N–C) groups is 1. The summed E-state index contributed by atoms with van der Waals surface area (Å²) >= 11 is 5.60. The topological polar surface area (TPSA) is 84.2 Å². The number of hydrogen-bond acceptors (Lipinski definition) is 4. The van der Waals surface area contributed by atoms with Gasteiger partial charge in [0.15, 0.2) is 5.54 Å². The van der Waals surface area contributed by atoms with Crippen molar-refractivity contribution < 1.29 is 4.79 Å². The Bertz CT molecular complexity index is 1430. The van der Waals surface area contributed by atoms with Crippen molar-refractivity contribution in [3.05, 3.63) is 117 Å². The molecule has 32 heavy (non-hydrogen) atoms. The van der Waals surface area contributed by atoms with Crippen LogP contribution in [0.25, 0.3) is 5.69 Å². The Labute approximate surface area is 188 Å². The first-order valence-electron chi connectivity index (χ1n) is 10.0. The lowest BCUT2D eigenvalue weighted by atomic mass is 9.83. The van der Waals surface area contributed by atoms with Crippen molar-refractivity contribution >= 4 is 24.1 Å². The van der Waals surface area contributed by atoms with Gasteiger partial charge in [-0.15, -0.1) is 0 Å². The molecule has 1 aliphatic heterocycles. The van der Waals surface area contributed by atoms with Gasteiger partial charge >= 0.3 is 5.69 Å². The number of H-pyrrole nitrogens is 1. The number of amides is 1. The third kappa shape index (κ3) is 2.96. The number of aromatic nitrogens is 3. The van der Waals surface area contributed by atoms with E-state index in [0.717, 1.165) is 5.56 Å². The maximum Gasteiger partial charge on any atom is 0.347 e.